The molecule has 1 atom stereocenters. The molecule has 4 nitrogen and oxygen atoms in total. The largest absolute Gasteiger partial charge is 0.366 e. The highest BCUT2D eigenvalue weighted by molar-refractivity contribution is 6.30. The lowest BCUT2D eigenvalue weighted by molar-refractivity contribution is 0.0896. The van der Waals surface area contributed by atoms with Crippen molar-refractivity contribution in [3.05, 3.63) is 118 Å². The van der Waals surface area contributed by atoms with Crippen molar-refractivity contribution < 1.29 is 14.0 Å². The molecule has 34 heavy (non-hydrogen) atoms. The lowest BCUT2D eigenvalue weighted by atomic mass is 9.84. The van der Waals surface area contributed by atoms with E-state index in [1.54, 1.807) is 24.3 Å². The Bertz CT molecular complexity index is 1430. The Morgan fingerprint density at radius 2 is 1.74 bits per heavy atom. The van der Waals surface area contributed by atoms with Crippen molar-refractivity contribution in [2.75, 3.05) is 0 Å². The number of carbonyl (C=O) groups is 2. The van der Waals surface area contributed by atoms with Crippen LogP contribution in [-0.2, 0) is 18.4 Å². The number of fused-ring (bicyclic) bond motifs is 2. The summed E-state index contributed by atoms with van der Waals surface area (Å²) in [7, 11) is 0. The zero-order valence-corrected chi connectivity index (χ0v) is 19.0. The number of carbonyl (C=O) groups excluding carboxylic acids is 2. The van der Waals surface area contributed by atoms with Crippen molar-refractivity contribution in [2.24, 2.45) is 5.73 Å². The van der Waals surface area contributed by atoms with Gasteiger partial charge in [-0.1, -0.05) is 60.1 Å². The van der Waals surface area contributed by atoms with Gasteiger partial charge in [0, 0.05) is 16.1 Å². The normalized spacial score (nSPS) is 16.9. The van der Waals surface area contributed by atoms with Crippen LogP contribution in [0, 0.1) is 5.82 Å². The highest BCUT2D eigenvalue weighted by Crippen LogP contribution is 2.42. The Hall–Kier alpha value is -3.70. The predicted octanol–water partition coefficient (Wildman–Crippen LogP) is 5.55. The maximum atomic E-state index is 14.8. The SMILES string of the molecule is NC(=O)c1ccc(C[C@]2(NC(=O)c3cccc4ccccc34)CCc3c(F)cc(Cl)cc32)cc1. The molecule has 2 amide bonds. The van der Waals surface area contributed by atoms with E-state index in [0.29, 0.717) is 41.5 Å². The van der Waals surface area contributed by atoms with Crippen LogP contribution in [0.4, 0.5) is 4.39 Å². The molecule has 0 fully saturated rings. The first kappa shape index (κ1) is 22.1. The van der Waals surface area contributed by atoms with E-state index < -0.39 is 11.4 Å². The van der Waals surface area contributed by atoms with E-state index >= 15 is 0 Å². The van der Waals surface area contributed by atoms with Gasteiger partial charge in [0.25, 0.3) is 5.91 Å². The summed E-state index contributed by atoms with van der Waals surface area (Å²) in [5.41, 5.74) is 7.61. The van der Waals surface area contributed by atoms with E-state index in [0.717, 1.165) is 16.3 Å². The lowest BCUT2D eigenvalue weighted by Crippen LogP contribution is -2.46. The highest BCUT2D eigenvalue weighted by atomic mass is 35.5. The molecule has 5 rings (SSSR count). The van der Waals surface area contributed by atoms with Gasteiger partial charge in [-0.3, -0.25) is 9.59 Å². The van der Waals surface area contributed by atoms with E-state index in [2.05, 4.69) is 5.32 Å². The average molecular weight is 473 g/mol. The summed E-state index contributed by atoms with van der Waals surface area (Å²) in [6.07, 6.45) is 1.41. The number of nitrogens with two attached hydrogens (primary N) is 1. The summed E-state index contributed by atoms with van der Waals surface area (Å²) >= 11 is 6.24. The molecule has 0 unspecified atom stereocenters. The van der Waals surface area contributed by atoms with Gasteiger partial charge < -0.3 is 11.1 Å². The summed E-state index contributed by atoms with van der Waals surface area (Å²) < 4.78 is 14.8. The fourth-order valence-corrected chi connectivity index (χ4v) is 5.16. The van der Waals surface area contributed by atoms with E-state index in [1.165, 1.54) is 6.07 Å². The van der Waals surface area contributed by atoms with E-state index in [4.69, 9.17) is 17.3 Å². The molecule has 0 aromatic heterocycles. The van der Waals surface area contributed by atoms with Crippen LogP contribution in [0.15, 0.2) is 78.9 Å². The maximum Gasteiger partial charge on any atom is 0.252 e. The van der Waals surface area contributed by atoms with Gasteiger partial charge in [0.15, 0.2) is 0 Å². The maximum absolute atomic E-state index is 14.8. The zero-order valence-electron chi connectivity index (χ0n) is 18.3. The van der Waals surface area contributed by atoms with Gasteiger partial charge in [0.05, 0.1) is 5.54 Å². The van der Waals surface area contributed by atoms with Gasteiger partial charge >= 0.3 is 0 Å². The molecular weight excluding hydrogens is 451 g/mol. The molecule has 170 valence electrons. The number of primary amides is 1. The third-order valence-electron chi connectivity index (χ3n) is 6.61. The smallest absolute Gasteiger partial charge is 0.252 e. The number of benzene rings is 4. The van der Waals surface area contributed by atoms with Crippen molar-refractivity contribution in [1.82, 2.24) is 5.32 Å². The highest BCUT2D eigenvalue weighted by Gasteiger charge is 2.42. The van der Waals surface area contributed by atoms with Gasteiger partial charge in [0.1, 0.15) is 5.82 Å². The molecule has 3 N–H and O–H groups in total. The average Bonchev–Trinajstić information content (AvgIpc) is 3.17. The van der Waals surface area contributed by atoms with Crippen LogP contribution in [0.25, 0.3) is 10.8 Å². The molecule has 0 spiro atoms. The molecule has 1 aliphatic rings. The number of halogens is 2. The Morgan fingerprint density at radius 3 is 2.50 bits per heavy atom. The molecule has 1 aliphatic carbocycles. The monoisotopic (exact) mass is 472 g/mol. The predicted molar refractivity (Wildman–Crippen MR) is 131 cm³/mol. The van der Waals surface area contributed by atoms with Crippen molar-refractivity contribution >= 4 is 34.2 Å². The molecule has 6 heteroatoms. The lowest BCUT2D eigenvalue weighted by Gasteiger charge is -2.33. The van der Waals surface area contributed by atoms with Gasteiger partial charge in [0.2, 0.25) is 5.91 Å². The minimum Gasteiger partial charge on any atom is -0.366 e. The summed E-state index contributed by atoms with van der Waals surface area (Å²) in [5.74, 6) is -1.11. The fraction of sp³-hybridized carbons (Fsp3) is 0.143. The molecule has 4 aromatic rings. The second-order valence-corrected chi connectivity index (χ2v) is 9.15. The molecule has 4 aromatic carbocycles. The summed E-state index contributed by atoms with van der Waals surface area (Å²) in [4.78, 5) is 25.1. The first-order chi connectivity index (χ1) is 16.4. The summed E-state index contributed by atoms with van der Waals surface area (Å²) in [6, 6.07) is 23.3. The van der Waals surface area contributed by atoms with E-state index in [1.807, 2.05) is 48.5 Å². The zero-order chi connectivity index (χ0) is 23.9. The molecule has 0 heterocycles. The number of nitrogens with one attached hydrogen (secondary N) is 1. The van der Waals surface area contributed by atoms with Gasteiger partial charge in [-0.05, 0) is 77.1 Å². The Balaban J connectivity index is 1.58. The number of hydrogen-bond acceptors (Lipinski definition) is 2. The summed E-state index contributed by atoms with van der Waals surface area (Å²) in [6.45, 7) is 0. The van der Waals surface area contributed by atoms with Crippen LogP contribution < -0.4 is 11.1 Å². The Kier molecular flexibility index (Phi) is 5.58. The number of hydrogen-bond donors (Lipinski definition) is 2. The van der Waals surface area contributed by atoms with Crippen molar-refractivity contribution in [3.8, 4) is 0 Å². The van der Waals surface area contributed by atoms with Crippen LogP contribution >= 0.6 is 11.6 Å². The second-order valence-electron chi connectivity index (χ2n) is 8.71. The third kappa shape index (κ3) is 3.93. The minimum absolute atomic E-state index is 0.237. The van der Waals surface area contributed by atoms with Crippen molar-refractivity contribution in [3.63, 3.8) is 0 Å². The standard InChI is InChI=1S/C28H22ClFN2O2/c29-20-14-24-23(25(30)15-20)12-13-28(24,16-17-8-10-19(11-9-17)26(31)33)32-27(34)22-7-3-5-18-4-1-2-6-21(18)22/h1-11,14-15H,12-13,16H2,(H2,31,33)(H,32,34)/t28-/m1/s1. The molecule has 0 bridgehead atoms. The van der Waals surface area contributed by atoms with Gasteiger partial charge in [-0.15, -0.1) is 0 Å². The molecule has 0 saturated carbocycles. The van der Waals surface area contributed by atoms with Crippen LogP contribution in [0.1, 0.15) is 43.8 Å². The first-order valence-electron chi connectivity index (χ1n) is 11.0. The van der Waals surface area contributed by atoms with E-state index in [-0.39, 0.29) is 16.7 Å². The Morgan fingerprint density at radius 1 is 1.00 bits per heavy atom. The number of rotatable bonds is 5. The second kappa shape index (κ2) is 8.58. The van der Waals surface area contributed by atoms with Crippen LogP contribution in [0.3, 0.4) is 0 Å². The van der Waals surface area contributed by atoms with Gasteiger partial charge in [-0.25, -0.2) is 4.39 Å². The van der Waals surface area contributed by atoms with Crippen molar-refractivity contribution in [2.45, 2.75) is 24.8 Å². The molecule has 0 radical (unpaired) electrons. The number of amides is 2. The van der Waals surface area contributed by atoms with Crippen LogP contribution in [0.2, 0.25) is 5.02 Å². The summed E-state index contributed by atoms with van der Waals surface area (Å²) in [5, 5.41) is 5.34. The van der Waals surface area contributed by atoms with Gasteiger partial charge in [-0.2, -0.15) is 0 Å². The molecule has 0 aliphatic heterocycles. The fourth-order valence-electron chi connectivity index (χ4n) is 4.96. The van der Waals surface area contributed by atoms with E-state index in [9.17, 15) is 14.0 Å². The topological polar surface area (TPSA) is 72.2 Å². The van der Waals surface area contributed by atoms with Crippen LogP contribution in [0.5, 0.6) is 0 Å². The van der Waals surface area contributed by atoms with Crippen LogP contribution in [-0.4, -0.2) is 11.8 Å². The Labute approximate surface area is 201 Å². The minimum atomic E-state index is -0.858. The quantitative estimate of drug-likeness (QED) is 0.400. The molecular formula is C28H22ClFN2O2. The molecule has 0 saturated heterocycles. The third-order valence-corrected chi connectivity index (χ3v) is 6.83. The van der Waals surface area contributed by atoms with Crippen molar-refractivity contribution in [1.29, 1.82) is 0 Å². The first-order valence-corrected chi connectivity index (χ1v) is 11.4.